The van der Waals surface area contributed by atoms with Crippen molar-refractivity contribution in [3.8, 4) is 0 Å². The number of hydrogen-bond donors (Lipinski definition) is 3. The first-order valence-electron chi connectivity index (χ1n) is 8.61. The van der Waals surface area contributed by atoms with E-state index >= 15 is 0 Å². The number of quaternary nitrogens is 1. The Morgan fingerprint density at radius 1 is 1.50 bits per heavy atom. The minimum atomic E-state index is -0.741. The summed E-state index contributed by atoms with van der Waals surface area (Å²) in [6.45, 7) is 1.42. The first-order valence-corrected chi connectivity index (χ1v) is 8.61. The van der Waals surface area contributed by atoms with Crippen molar-refractivity contribution in [1.82, 2.24) is 14.6 Å². The maximum atomic E-state index is 12.6. The summed E-state index contributed by atoms with van der Waals surface area (Å²) in [5, 5.41) is 15.8. The van der Waals surface area contributed by atoms with Crippen LogP contribution in [-0.4, -0.2) is 66.6 Å². The Kier molecular flexibility index (Phi) is 7.15. The fourth-order valence-corrected chi connectivity index (χ4v) is 2.40. The number of nitrogens with two attached hydrogens (primary N) is 1. The van der Waals surface area contributed by atoms with Gasteiger partial charge in [-0.25, -0.2) is 13.7 Å². The number of amides is 1. The molecule has 11 heteroatoms. The summed E-state index contributed by atoms with van der Waals surface area (Å²) in [5.41, 5.74) is 0.776. The molecule has 28 heavy (non-hydrogen) atoms. The molecule has 0 saturated heterocycles. The van der Waals surface area contributed by atoms with Gasteiger partial charge in [0, 0.05) is 37.8 Å². The fraction of sp³-hybridized carbons (Fsp3) is 0.353. The van der Waals surface area contributed by atoms with Gasteiger partial charge in [0.05, 0.1) is 13.7 Å². The number of likely N-dealkylation sites (N-methyl/N-ethyl adjacent to an activating group) is 1. The van der Waals surface area contributed by atoms with Crippen molar-refractivity contribution in [2.75, 3.05) is 44.1 Å². The molecule has 2 heterocycles. The summed E-state index contributed by atoms with van der Waals surface area (Å²) in [5.74, 6) is -0.945. The molecule has 2 aromatic heterocycles. The number of alkyl halides is 1. The van der Waals surface area contributed by atoms with Gasteiger partial charge in [-0.15, -0.1) is 5.10 Å². The van der Waals surface area contributed by atoms with Crippen LogP contribution in [0, 0.1) is 5.41 Å². The highest BCUT2D eigenvalue weighted by Crippen LogP contribution is 2.15. The van der Waals surface area contributed by atoms with Gasteiger partial charge in [-0.3, -0.25) is 4.79 Å². The minimum absolute atomic E-state index is 0.0261. The van der Waals surface area contributed by atoms with Crippen LogP contribution in [0.25, 0.3) is 5.65 Å². The summed E-state index contributed by atoms with van der Waals surface area (Å²) in [4.78, 5) is 30.4. The maximum absolute atomic E-state index is 12.6. The molecule has 0 atom stereocenters. The van der Waals surface area contributed by atoms with Crippen LogP contribution in [0.2, 0.25) is 0 Å². The number of anilines is 2. The van der Waals surface area contributed by atoms with E-state index in [1.165, 1.54) is 9.83 Å². The van der Waals surface area contributed by atoms with Crippen LogP contribution in [0.5, 0.6) is 0 Å². The van der Waals surface area contributed by atoms with Crippen LogP contribution in [0.15, 0.2) is 29.6 Å². The van der Waals surface area contributed by atoms with Crippen molar-refractivity contribution in [3.63, 3.8) is 0 Å². The highest BCUT2D eigenvalue weighted by atomic mass is 19.1. The van der Waals surface area contributed by atoms with Crippen molar-refractivity contribution in [1.29, 1.82) is 5.41 Å². The van der Waals surface area contributed by atoms with Crippen LogP contribution in [0.3, 0.4) is 0 Å². The molecular formula is C17H23FN7O3+. The van der Waals surface area contributed by atoms with Crippen molar-refractivity contribution in [2.24, 2.45) is 0 Å². The molecule has 0 bridgehead atoms. The quantitative estimate of drug-likeness (QED) is 0.306. The molecule has 0 aliphatic carbocycles. The Labute approximate surface area is 160 Å². The van der Waals surface area contributed by atoms with Gasteiger partial charge in [-0.1, -0.05) is 0 Å². The fourth-order valence-electron chi connectivity index (χ4n) is 2.40. The first-order chi connectivity index (χ1) is 13.4. The van der Waals surface area contributed by atoms with E-state index in [2.05, 4.69) is 15.4 Å². The Morgan fingerprint density at radius 3 is 2.86 bits per heavy atom. The normalized spacial score (nSPS) is 11.7. The molecule has 2 aromatic rings. The lowest BCUT2D eigenvalue weighted by molar-refractivity contribution is -0.570. The summed E-state index contributed by atoms with van der Waals surface area (Å²) in [6.07, 6.45) is 2.40. The van der Waals surface area contributed by atoms with Gasteiger partial charge in [0.1, 0.15) is 12.2 Å². The van der Waals surface area contributed by atoms with E-state index < -0.39 is 18.6 Å². The molecule has 150 valence electrons. The molecule has 0 radical (unpaired) electrons. The van der Waals surface area contributed by atoms with Gasteiger partial charge in [0.25, 0.3) is 0 Å². The number of fused-ring (bicyclic) bond motifs is 1. The smallest absolute Gasteiger partial charge is 0.346 e. The molecule has 2 rings (SSSR count). The number of halogens is 1. The Hall–Kier alpha value is -3.34. The van der Waals surface area contributed by atoms with Crippen LogP contribution < -0.4 is 15.5 Å². The van der Waals surface area contributed by atoms with Crippen LogP contribution >= 0.6 is 0 Å². The third-order valence-electron chi connectivity index (χ3n) is 3.81. The van der Waals surface area contributed by atoms with Crippen LogP contribution in [0.1, 0.15) is 6.92 Å². The molecule has 10 nitrogen and oxygen atoms in total. The topological polar surface area (TPSA) is 129 Å². The summed E-state index contributed by atoms with van der Waals surface area (Å²) >= 11 is 0. The molecule has 0 aliphatic rings. The van der Waals surface area contributed by atoms with Gasteiger partial charge in [0.2, 0.25) is 11.6 Å². The Morgan fingerprint density at radius 2 is 2.25 bits per heavy atom. The standard InChI is InChI=1S/C17H22FN7O3/c1-4-28-16(27)12(10-19)14(20-2)15(26)21-11-5-7-25-13(9-11)22-17(23-25)24(3)8-6-18/h5,7,9-10,19-20H,4,6,8H2,1-3H3,(H,21,26)/p+1/b14-12+,19-10?. The summed E-state index contributed by atoms with van der Waals surface area (Å²) in [7, 11) is 3.27. The van der Waals surface area contributed by atoms with Crippen molar-refractivity contribution in [2.45, 2.75) is 6.92 Å². The maximum Gasteiger partial charge on any atom is 0.346 e. The average Bonchev–Trinajstić information content (AvgIpc) is 3.09. The first kappa shape index (κ1) is 21.0. The molecular weight excluding hydrogens is 369 g/mol. The zero-order valence-corrected chi connectivity index (χ0v) is 15.9. The van der Waals surface area contributed by atoms with Gasteiger partial charge in [-0.05, 0) is 13.0 Å². The zero-order valence-electron chi connectivity index (χ0n) is 15.9. The third-order valence-corrected chi connectivity index (χ3v) is 3.81. The lowest BCUT2D eigenvalue weighted by Crippen LogP contribution is -2.80. The van der Waals surface area contributed by atoms with E-state index in [4.69, 9.17) is 10.1 Å². The van der Waals surface area contributed by atoms with Gasteiger partial charge in [0.15, 0.2) is 5.65 Å². The number of esters is 1. The number of hydrogen-bond acceptors (Lipinski definition) is 7. The Bertz CT molecular complexity index is 909. The van der Waals surface area contributed by atoms with Gasteiger partial charge >= 0.3 is 11.9 Å². The number of aromatic nitrogens is 3. The number of rotatable bonds is 9. The molecule has 0 aliphatic heterocycles. The van der Waals surface area contributed by atoms with E-state index in [0.29, 0.717) is 17.3 Å². The van der Waals surface area contributed by atoms with Crippen molar-refractivity contribution < 1.29 is 24.0 Å². The highest BCUT2D eigenvalue weighted by Gasteiger charge is 2.24. The van der Waals surface area contributed by atoms with E-state index in [-0.39, 0.29) is 24.4 Å². The average molecular weight is 392 g/mol. The number of carbonyl (C=O) groups is 2. The largest absolute Gasteiger partial charge is 0.462 e. The second-order valence-corrected chi connectivity index (χ2v) is 5.68. The monoisotopic (exact) mass is 392 g/mol. The lowest BCUT2D eigenvalue weighted by Gasteiger charge is -2.10. The number of nitrogens with one attached hydrogen (secondary N) is 2. The zero-order chi connectivity index (χ0) is 20.7. The summed E-state index contributed by atoms with van der Waals surface area (Å²) in [6, 6.07) is 3.21. The molecule has 0 fully saturated rings. The molecule has 0 aromatic carbocycles. The minimum Gasteiger partial charge on any atom is -0.462 e. The van der Waals surface area contributed by atoms with E-state index in [9.17, 15) is 14.0 Å². The molecule has 0 spiro atoms. The second kappa shape index (κ2) is 9.55. The number of carbonyl (C=O) groups excluding carboxylic acids is 2. The highest BCUT2D eigenvalue weighted by molar-refractivity contribution is 6.16. The predicted octanol–water partition coefficient (Wildman–Crippen LogP) is -0.267. The molecule has 0 saturated carbocycles. The predicted molar refractivity (Wildman–Crippen MR) is 101 cm³/mol. The molecule has 1 amide bonds. The number of nitrogens with zero attached hydrogens (tertiary/aromatic N) is 4. The number of pyridine rings is 1. The van der Waals surface area contributed by atoms with E-state index in [1.54, 1.807) is 44.2 Å². The van der Waals surface area contributed by atoms with E-state index in [1.807, 2.05) is 0 Å². The van der Waals surface area contributed by atoms with Gasteiger partial charge in [-0.2, -0.15) is 4.98 Å². The van der Waals surface area contributed by atoms with E-state index in [0.717, 1.165) is 6.21 Å². The molecule has 4 N–H and O–H groups in total. The lowest BCUT2D eigenvalue weighted by atomic mass is 10.2. The van der Waals surface area contributed by atoms with Crippen LogP contribution in [-0.2, 0) is 14.3 Å². The second-order valence-electron chi connectivity index (χ2n) is 5.68. The van der Waals surface area contributed by atoms with Crippen LogP contribution in [0.4, 0.5) is 16.0 Å². The number of ether oxygens (including phenoxy) is 1. The van der Waals surface area contributed by atoms with Crippen molar-refractivity contribution >= 4 is 35.4 Å². The summed E-state index contributed by atoms with van der Waals surface area (Å²) < 4.78 is 18.9. The third kappa shape index (κ3) is 4.68. The molecule has 0 unspecified atom stereocenters. The Balaban J connectivity index is 2.27. The SMILES string of the molecule is CCOC(=O)/C(C=N)=C(/[NH2+]C)C(=O)Nc1ccn2nc(N(C)CCF)nc2c1. The van der Waals surface area contributed by atoms with Crippen molar-refractivity contribution in [3.05, 3.63) is 29.6 Å². The van der Waals surface area contributed by atoms with Gasteiger partial charge < -0.3 is 25.7 Å².